The number of fused-ring (bicyclic) bond motifs is 1. The zero-order valence-corrected chi connectivity index (χ0v) is 24.9. The van der Waals surface area contributed by atoms with Gasteiger partial charge in [-0.2, -0.15) is 0 Å². The summed E-state index contributed by atoms with van der Waals surface area (Å²) in [6, 6.07) is 13.7. The van der Waals surface area contributed by atoms with Gasteiger partial charge in [-0.25, -0.2) is 9.18 Å². The van der Waals surface area contributed by atoms with Crippen LogP contribution in [-0.2, 0) is 9.53 Å². The Morgan fingerprint density at radius 2 is 1.67 bits per heavy atom. The molecule has 3 unspecified atom stereocenters. The van der Waals surface area contributed by atoms with Gasteiger partial charge in [0.1, 0.15) is 5.82 Å². The Morgan fingerprint density at radius 1 is 0.956 bits per heavy atom. The number of anilines is 2. The molecule has 0 bridgehead atoms. The molecule has 5 rings (SSSR count). The molecule has 2 aliphatic heterocycles. The van der Waals surface area contributed by atoms with Gasteiger partial charge in [0.15, 0.2) is 11.5 Å². The van der Waals surface area contributed by atoms with Gasteiger partial charge in [-0.3, -0.25) is 19.7 Å². The van der Waals surface area contributed by atoms with Gasteiger partial charge >= 0.3 is 12.1 Å². The predicted molar refractivity (Wildman–Crippen MR) is 161 cm³/mol. The molecule has 1 fully saturated rings. The maximum atomic E-state index is 13.5. The molecule has 3 atom stereocenters. The molecule has 236 valence electrons. The van der Waals surface area contributed by atoms with Crippen LogP contribution in [0.5, 0.6) is 11.5 Å². The fraction of sp³-hybridized carbons (Fsp3) is 0.312. The van der Waals surface area contributed by atoms with E-state index in [2.05, 4.69) is 10.6 Å². The lowest BCUT2D eigenvalue weighted by Crippen LogP contribution is -2.58. The number of hydrogen-bond donors (Lipinski definition) is 3. The third kappa shape index (κ3) is 6.92. The molecule has 0 aliphatic carbocycles. The van der Waals surface area contributed by atoms with E-state index in [1.54, 1.807) is 35.2 Å². The Kier molecular flexibility index (Phi) is 9.07. The van der Waals surface area contributed by atoms with Crippen LogP contribution in [0.3, 0.4) is 0 Å². The highest BCUT2D eigenvalue weighted by atomic mass is 19.1. The number of halogens is 1. The quantitative estimate of drug-likeness (QED) is 0.333. The molecule has 13 heteroatoms. The molecular weight excluding hydrogens is 587 g/mol. The van der Waals surface area contributed by atoms with Crippen molar-refractivity contribution >= 4 is 35.3 Å². The molecule has 3 aromatic carbocycles. The number of amides is 3. The van der Waals surface area contributed by atoms with Crippen molar-refractivity contribution in [3.63, 3.8) is 0 Å². The topological polar surface area (TPSA) is 147 Å². The van der Waals surface area contributed by atoms with E-state index in [0.717, 1.165) is 0 Å². The number of hydrogen-bond acceptors (Lipinski definition) is 8. The highest BCUT2D eigenvalue weighted by Gasteiger charge is 2.34. The largest absolute Gasteiger partial charge is 0.481 e. The molecule has 0 spiro atoms. The van der Waals surface area contributed by atoms with Gasteiger partial charge in [0.25, 0.3) is 11.8 Å². The number of methoxy groups -OCH3 is 1. The van der Waals surface area contributed by atoms with Crippen molar-refractivity contribution in [2.24, 2.45) is 0 Å². The zero-order valence-electron chi connectivity index (χ0n) is 24.9. The van der Waals surface area contributed by atoms with Crippen molar-refractivity contribution in [3.8, 4) is 11.5 Å². The van der Waals surface area contributed by atoms with Crippen molar-refractivity contribution in [1.29, 1.82) is 0 Å². The number of carboxylic acids is 1. The van der Waals surface area contributed by atoms with E-state index in [0.29, 0.717) is 47.1 Å². The summed E-state index contributed by atoms with van der Waals surface area (Å²) in [5.74, 6) is -1.26. The SMILES string of the molecule is COC(=O)Nc1cc(C(=O)NC(CC(=O)O)c2ccc(F)cc2)ccc1N1CC(C)N(C(=O)c2ccc3c(c2)OCO3)CC1C. The summed E-state index contributed by atoms with van der Waals surface area (Å²) in [5, 5.41) is 14.8. The van der Waals surface area contributed by atoms with Crippen molar-refractivity contribution in [2.45, 2.75) is 38.4 Å². The Balaban J connectivity index is 1.37. The highest BCUT2D eigenvalue weighted by molar-refractivity contribution is 5.99. The Labute approximate surface area is 258 Å². The summed E-state index contributed by atoms with van der Waals surface area (Å²) in [5.41, 5.74) is 1.96. The minimum atomic E-state index is -1.15. The van der Waals surface area contributed by atoms with E-state index in [-0.39, 0.29) is 30.3 Å². The van der Waals surface area contributed by atoms with Crippen molar-refractivity contribution in [3.05, 3.63) is 83.2 Å². The molecule has 0 aromatic heterocycles. The summed E-state index contributed by atoms with van der Waals surface area (Å²) in [7, 11) is 1.22. The van der Waals surface area contributed by atoms with Gasteiger partial charge in [-0.05, 0) is 67.9 Å². The Bertz CT molecular complexity index is 1620. The lowest BCUT2D eigenvalue weighted by Gasteiger charge is -2.45. The number of nitrogens with one attached hydrogen (secondary N) is 2. The summed E-state index contributed by atoms with van der Waals surface area (Å²) in [4.78, 5) is 54.4. The van der Waals surface area contributed by atoms with Crippen LogP contribution in [0.1, 0.15) is 52.6 Å². The molecule has 0 radical (unpaired) electrons. The van der Waals surface area contributed by atoms with Gasteiger partial charge in [0, 0.05) is 36.3 Å². The zero-order chi connectivity index (χ0) is 32.2. The minimum Gasteiger partial charge on any atom is -0.481 e. The van der Waals surface area contributed by atoms with Crippen LogP contribution < -0.4 is 25.0 Å². The number of carbonyl (C=O) groups excluding carboxylic acids is 3. The van der Waals surface area contributed by atoms with Crippen LogP contribution in [0.4, 0.5) is 20.6 Å². The van der Waals surface area contributed by atoms with Crippen LogP contribution in [0.25, 0.3) is 0 Å². The number of carbonyl (C=O) groups is 4. The van der Waals surface area contributed by atoms with Gasteiger partial charge in [-0.15, -0.1) is 0 Å². The molecular formula is C32H33FN4O8. The van der Waals surface area contributed by atoms with Gasteiger partial charge in [-0.1, -0.05) is 12.1 Å². The average Bonchev–Trinajstić information content (AvgIpc) is 3.49. The molecule has 0 saturated carbocycles. The maximum absolute atomic E-state index is 13.5. The number of benzene rings is 3. The smallest absolute Gasteiger partial charge is 0.411 e. The second kappa shape index (κ2) is 13.1. The summed E-state index contributed by atoms with van der Waals surface area (Å²) in [6.45, 7) is 4.79. The van der Waals surface area contributed by atoms with Crippen LogP contribution in [0, 0.1) is 5.82 Å². The molecule has 3 N–H and O–H groups in total. The Morgan fingerprint density at radius 3 is 2.38 bits per heavy atom. The summed E-state index contributed by atoms with van der Waals surface area (Å²) < 4.78 is 29.1. The molecule has 1 saturated heterocycles. The molecule has 45 heavy (non-hydrogen) atoms. The number of piperazine rings is 1. The summed E-state index contributed by atoms with van der Waals surface area (Å²) in [6.07, 6.45) is -1.17. The normalized spacial score (nSPS) is 17.8. The van der Waals surface area contributed by atoms with E-state index < -0.39 is 36.2 Å². The predicted octanol–water partition coefficient (Wildman–Crippen LogP) is 4.42. The van der Waals surface area contributed by atoms with Gasteiger partial charge < -0.3 is 34.4 Å². The first-order valence-corrected chi connectivity index (χ1v) is 14.3. The summed E-state index contributed by atoms with van der Waals surface area (Å²) >= 11 is 0. The number of aliphatic carboxylic acids is 1. The van der Waals surface area contributed by atoms with Crippen molar-refractivity contribution in [1.82, 2.24) is 10.2 Å². The third-order valence-corrected chi connectivity index (χ3v) is 7.81. The minimum absolute atomic E-state index is 0.110. The third-order valence-electron chi connectivity index (χ3n) is 7.81. The number of rotatable bonds is 8. The van der Waals surface area contributed by atoms with E-state index in [1.807, 2.05) is 18.7 Å². The van der Waals surface area contributed by atoms with Crippen LogP contribution >= 0.6 is 0 Å². The standard InChI is InChI=1S/C32H33FN4O8/c1-18-16-37(31(41)22-7-11-27-28(13-22)45-17-44-27)19(2)15-36(18)26-10-6-21(12-25(26)35-32(42)43-3)30(40)34-24(14-29(38)39)20-4-8-23(33)9-5-20/h4-13,18-19,24H,14-17H2,1-3H3,(H,34,40)(H,35,42)(H,38,39). The monoisotopic (exact) mass is 620 g/mol. The van der Waals surface area contributed by atoms with Gasteiger partial charge in [0.05, 0.1) is 30.9 Å². The highest BCUT2D eigenvalue weighted by Crippen LogP contribution is 2.35. The Hall–Kier alpha value is -5.33. The molecule has 12 nitrogen and oxygen atoms in total. The van der Waals surface area contributed by atoms with Crippen LogP contribution in [-0.4, -0.2) is 73.0 Å². The molecule has 3 amide bonds. The molecule has 2 aliphatic rings. The van der Waals surface area contributed by atoms with E-state index >= 15 is 0 Å². The van der Waals surface area contributed by atoms with Crippen LogP contribution in [0.15, 0.2) is 60.7 Å². The van der Waals surface area contributed by atoms with E-state index in [4.69, 9.17) is 14.2 Å². The van der Waals surface area contributed by atoms with Crippen molar-refractivity contribution < 1.29 is 42.9 Å². The molecule has 3 aromatic rings. The van der Waals surface area contributed by atoms with Crippen LogP contribution in [0.2, 0.25) is 0 Å². The average molecular weight is 621 g/mol. The van der Waals surface area contributed by atoms with E-state index in [1.165, 1.54) is 37.4 Å². The fourth-order valence-electron chi connectivity index (χ4n) is 5.49. The molecule has 2 heterocycles. The fourth-order valence-corrected chi connectivity index (χ4v) is 5.49. The number of ether oxygens (including phenoxy) is 3. The maximum Gasteiger partial charge on any atom is 0.411 e. The first-order valence-electron chi connectivity index (χ1n) is 14.3. The van der Waals surface area contributed by atoms with Gasteiger partial charge in [0.2, 0.25) is 6.79 Å². The lowest BCUT2D eigenvalue weighted by molar-refractivity contribution is -0.137. The lowest BCUT2D eigenvalue weighted by atomic mass is 10.0. The van der Waals surface area contributed by atoms with E-state index in [9.17, 15) is 28.7 Å². The van der Waals surface area contributed by atoms with Crippen molar-refractivity contribution in [2.75, 3.05) is 37.2 Å². The first-order chi connectivity index (χ1) is 21.5. The first kappa shape index (κ1) is 31.1. The number of carboxylic acid groups (broad SMARTS) is 1. The number of nitrogens with zero attached hydrogens (tertiary/aromatic N) is 2. The second-order valence-electron chi connectivity index (χ2n) is 10.9. The second-order valence-corrected chi connectivity index (χ2v) is 10.9.